The smallest absolute Gasteiger partial charge is 0.113 e. The largest absolute Gasteiger partial charge is 0.248 e. The van der Waals surface area contributed by atoms with Crippen LogP contribution in [0.3, 0.4) is 0 Å². The Morgan fingerprint density at radius 3 is 2.00 bits per heavy atom. The first-order valence-corrected chi connectivity index (χ1v) is 10.4. The highest BCUT2D eigenvalue weighted by atomic mass is 14.7. The molecule has 1 nitrogen and oxygen atoms in total. The summed E-state index contributed by atoms with van der Waals surface area (Å²) < 4.78 is 0. The molecule has 1 heterocycles. The van der Waals surface area contributed by atoms with E-state index >= 15 is 0 Å². The number of aryl methyl sites for hydroxylation is 2. The molecule has 0 bridgehead atoms. The molecular weight excluding hydrogens is 314 g/mol. The molecule has 0 aliphatic rings. The summed E-state index contributed by atoms with van der Waals surface area (Å²) >= 11 is 0. The number of pyridine rings is 1. The van der Waals surface area contributed by atoms with Crippen molar-refractivity contribution in [2.75, 3.05) is 0 Å². The highest BCUT2D eigenvalue weighted by molar-refractivity contribution is 5.41. The van der Waals surface area contributed by atoms with E-state index in [0.717, 1.165) is 17.7 Å². The van der Waals surface area contributed by atoms with Gasteiger partial charge >= 0.3 is 0 Å². The molecule has 1 aromatic heterocycles. The summed E-state index contributed by atoms with van der Waals surface area (Å²) in [6.07, 6.45) is 14.8. The first-order chi connectivity index (χ1) is 12.8. The molecule has 0 atom stereocenters. The predicted molar refractivity (Wildman–Crippen MR) is 112 cm³/mol. The fraction of sp³-hybridized carbons (Fsp3) is 0.480. The number of hydrogen-bond donors (Lipinski definition) is 0. The third-order valence-electron chi connectivity index (χ3n) is 4.75. The lowest BCUT2D eigenvalue weighted by Crippen LogP contribution is -1.89. The van der Waals surface area contributed by atoms with Gasteiger partial charge < -0.3 is 0 Å². The van der Waals surface area contributed by atoms with Gasteiger partial charge in [0.15, 0.2) is 0 Å². The molecule has 138 valence electrons. The van der Waals surface area contributed by atoms with Crippen LogP contribution >= 0.6 is 0 Å². The second kappa shape index (κ2) is 12.3. The van der Waals surface area contributed by atoms with Gasteiger partial charge in [0.1, 0.15) is 5.69 Å². The normalized spacial score (nSPS) is 10.4. The summed E-state index contributed by atoms with van der Waals surface area (Å²) in [5.74, 6) is 6.40. The number of rotatable bonds is 10. The van der Waals surface area contributed by atoms with Gasteiger partial charge in [-0.15, -0.1) is 0 Å². The summed E-state index contributed by atoms with van der Waals surface area (Å²) in [5.41, 5.74) is 4.64. The Hall–Kier alpha value is -2.07. The monoisotopic (exact) mass is 347 g/mol. The highest BCUT2D eigenvalue weighted by Gasteiger charge is 1.96. The van der Waals surface area contributed by atoms with Crippen LogP contribution in [0.1, 0.15) is 87.6 Å². The SMILES string of the molecule is CCCCCCCCc1ccc(C#Cc2ccc(CCCC)cn2)cc1. The van der Waals surface area contributed by atoms with Gasteiger partial charge in [0.2, 0.25) is 0 Å². The zero-order valence-corrected chi connectivity index (χ0v) is 16.6. The summed E-state index contributed by atoms with van der Waals surface area (Å²) in [7, 11) is 0. The third kappa shape index (κ3) is 7.87. The van der Waals surface area contributed by atoms with Crippen LogP contribution in [-0.2, 0) is 12.8 Å². The second-order valence-electron chi connectivity index (χ2n) is 7.12. The number of aromatic nitrogens is 1. The first kappa shape index (κ1) is 20.2. The van der Waals surface area contributed by atoms with E-state index < -0.39 is 0 Å². The summed E-state index contributed by atoms with van der Waals surface area (Å²) in [6.45, 7) is 4.48. The van der Waals surface area contributed by atoms with Crippen molar-refractivity contribution in [1.82, 2.24) is 4.98 Å². The van der Waals surface area contributed by atoms with E-state index in [0.29, 0.717) is 0 Å². The quantitative estimate of drug-likeness (QED) is 0.343. The minimum Gasteiger partial charge on any atom is -0.248 e. The molecule has 0 aliphatic heterocycles. The Morgan fingerprint density at radius 2 is 1.31 bits per heavy atom. The zero-order chi connectivity index (χ0) is 18.5. The maximum absolute atomic E-state index is 4.46. The van der Waals surface area contributed by atoms with E-state index in [-0.39, 0.29) is 0 Å². The van der Waals surface area contributed by atoms with E-state index in [9.17, 15) is 0 Å². The van der Waals surface area contributed by atoms with Crippen LogP contribution < -0.4 is 0 Å². The molecule has 0 radical (unpaired) electrons. The average molecular weight is 348 g/mol. The molecule has 0 N–H and O–H groups in total. The zero-order valence-electron chi connectivity index (χ0n) is 16.6. The van der Waals surface area contributed by atoms with Gasteiger partial charge in [-0.1, -0.05) is 76.5 Å². The van der Waals surface area contributed by atoms with Gasteiger partial charge in [-0.05, 0) is 60.9 Å². The van der Waals surface area contributed by atoms with Crippen molar-refractivity contribution in [3.63, 3.8) is 0 Å². The molecule has 0 spiro atoms. The van der Waals surface area contributed by atoms with Crippen molar-refractivity contribution in [2.24, 2.45) is 0 Å². The minimum atomic E-state index is 0.849. The van der Waals surface area contributed by atoms with Gasteiger partial charge in [-0.2, -0.15) is 0 Å². The lowest BCUT2D eigenvalue weighted by atomic mass is 10.0. The summed E-state index contributed by atoms with van der Waals surface area (Å²) in [5, 5.41) is 0. The molecule has 2 aromatic rings. The average Bonchev–Trinajstić information content (AvgIpc) is 2.69. The van der Waals surface area contributed by atoms with Gasteiger partial charge in [0.25, 0.3) is 0 Å². The maximum atomic E-state index is 4.46. The Morgan fingerprint density at radius 1 is 0.654 bits per heavy atom. The van der Waals surface area contributed by atoms with E-state index in [1.165, 1.54) is 68.9 Å². The van der Waals surface area contributed by atoms with Crippen LogP contribution in [0.15, 0.2) is 42.6 Å². The Kier molecular flexibility index (Phi) is 9.59. The third-order valence-corrected chi connectivity index (χ3v) is 4.75. The standard InChI is InChI=1S/C25H33N/c1-3-5-7-8-9-10-12-22-13-15-23(16-14-22)17-19-25-20-18-24(21-26-25)11-6-4-2/h13-16,18,20-21H,3-12H2,1-2H3. The van der Waals surface area contributed by atoms with Crippen LogP contribution in [0.4, 0.5) is 0 Å². The predicted octanol–water partition coefficient (Wildman–Crippen LogP) is 6.73. The number of unbranched alkanes of at least 4 members (excludes halogenated alkanes) is 6. The van der Waals surface area contributed by atoms with Gasteiger partial charge in [0, 0.05) is 11.8 Å². The molecule has 0 fully saturated rings. The summed E-state index contributed by atoms with van der Waals surface area (Å²) in [6, 6.07) is 12.9. The Labute approximate surface area is 160 Å². The van der Waals surface area contributed by atoms with Crippen molar-refractivity contribution in [3.05, 3.63) is 65.0 Å². The van der Waals surface area contributed by atoms with Gasteiger partial charge in [-0.25, -0.2) is 4.98 Å². The number of nitrogens with zero attached hydrogens (tertiary/aromatic N) is 1. The molecule has 1 heteroatoms. The molecule has 0 saturated carbocycles. The Balaban J connectivity index is 1.79. The number of benzene rings is 1. The van der Waals surface area contributed by atoms with Crippen molar-refractivity contribution >= 4 is 0 Å². The van der Waals surface area contributed by atoms with Crippen LogP contribution in [0, 0.1) is 11.8 Å². The molecule has 1 aromatic carbocycles. The van der Waals surface area contributed by atoms with Crippen molar-refractivity contribution in [2.45, 2.75) is 78.1 Å². The number of hydrogen-bond acceptors (Lipinski definition) is 1. The van der Waals surface area contributed by atoms with Crippen LogP contribution in [0.5, 0.6) is 0 Å². The molecular formula is C25H33N. The van der Waals surface area contributed by atoms with E-state index in [1.54, 1.807) is 0 Å². The van der Waals surface area contributed by atoms with Crippen molar-refractivity contribution in [1.29, 1.82) is 0 Å². The molecule has 0 saturated heterocycles. The van der Waals surface area contributed by atoms with E-state index in [4.69, 9.17) is 0 Å². The molecule has 2 rings (SSSR count). The minimum absolute atomic E-state index is 0.849. The van der Waals surface area contributed by atoms with Gasteiger partial charge in [0.05, 0.1) is 0 Å². The Bertz CT molecular complexity index is 671. The van der Waals surface area contributed by atoms with Crippen LogP contribution in [0.25, 0.3) is 0 Å². The molecule has 0 amide bonds. The molecule has 0 unspecified atom stereocenters. The lowest BCUT2D eigenvalue weighted by molar-refractivity contribution is 0.607. The highest BCUT2D eigenvalue weighted by Crippen LogP contribution is 2.11. The van der Waals surface area contributed by atoms with Crippen molar-refractivity contribution in [3.8, 4) is 11.8 Å². The maximum Gasteiger partial charge on any atom is 0.113 e. The second-order valence-corrected chi connectivity index (χ2v) is 7.12. The fourth-order valence-corrected chi connectivity index (χ4v) is 3.03. The fourth-order valence-electron chi connectivity index (χ4n) is 3.03. The topological polar surface area (TPSA) is 12.9 Å². The molecule has 0 aliphatic carbocycles. The summed E-state index contributed by atoms with van der Waals surface area (Å²) in [4.78, 5) is 4.46. The van der Waals surface area contributed by atoms with E-state index in [2.05, 4.69) is 61.0 Å². The molecule has 26 heavy (non-hydrogen) atoms. The lowest BCUT2D eigenvalue weighted by Gasteiger charge is -2.02. The van der Waals surface area contributed by atoms with E-state index in [1.807, 2.05) is 12.3 Å². The first-order valence-electron chi connectivity index (χ1n) is 10.4. The van der Waals surface area contributed by atoms with Gasteiger partial charge in [-0.3, -0.25) is 0 Å². The van der Waals surface area contributed by atoms with Crippen molar-refractivity contribution < 1.29 is 0 Å². The van der Waals surface area contributed by atoms with Crippen LogP contribution in [0.2, 0.25) is 0 Å². The van der Waals surface area contributed by atoms with Crippen LogP contribution in [-0.4, -0.2) is 4.98 Å².